The van der Waals surface area contributed by atoms with E-state index in [1.807, 2.05) is 13.0 Å². The lowest BCUT2D eigenvalue weighted by Crippen LogP contribution is -2.31. The minimum atomic E-state index is -0.154. The van der Waals surface area contributed by atoms with E-state index in [0.717, 1.165) is 24.1 Å². The van der Waals surface area contributed by atoms with E-state index in [4.69, 9.17) is 0 Å². The minimum Gasteiger partial charge on any atom is -0.310 e. The largest absolute Gasteiger partial charge is 0.310 e. The number of nitrogens with one attached hydrogen (secondary N) is 1. The molecular formula is C14H22FN. The van der Waals surface area contributed by atoms with Crippen LogP contribution in [-0.4, -0.2) is 6.04 Å². The van der Waals surface area contributed by atoms with E-state index in [2.05, 4.69) is 26.1 Å². The summed E-state index contributed by atoms with van der Waals surface area (Å²) in [5, 5.41) is 3.45. The summed E-state index contributed by atoms with van der Waals surface area (Å²) in [6.07, 6.45) is 1.16. The summed E-state index contributed by atoms with van der Waals surface area (Å²) in [6.45, 7) is 9.37. The molecule has 1 aromatic rings. The van der Waals surface area contributed by atoms with Gasteiger partial charge in [0.05, 0.1) is 0 Å². The molecule has 1 aromatic carbocycles. The van der Waals surface area contributed by atoms with Crippen LogP contribution in [0.1, 0.15) is 38.3 Å². The molecule has 2 atom stereocenters. The fourth-order valence-corrected chi connectivity index (χ4v) is 1.66. The molecule has 0 fully saturated rings. The average molecular weight is 223 g/mol. The third-order valence-corrected chi connectivity index (χ3v) is 3.42. The molecule has 0 heterocycles. The van der Waals surface area contributed by atoms with Gasteiger partial charge < -0.3 is 5.32 Å². The lowest BCUT2D eigenvalue weighted by molar-refractivity contribution is 0.389. The molecule has 0 saturated carbocycles. The van der Waals surface area contributed by atoms with Crippen molar-refractivity contribution in [2.75, 3.05) is 0 Å². The van der Waals surface area contributed by atoms with Crippen molar-refractivity contribution < 1.29 is 4.39 Å². The van der Waals surface area contributed by atoms with Crippen molar-refractivity contribution in [3.8, 4) is 0 Å². The maximum absolute atomic E-state index is 13.1. The summed E-state index contributed by atoms with van der Waals surface area (Å²) in [4.78, 5) is 0. The molecule has 0 bridgehead atoms. The quantitative estimate of drug-likeness (QED) is 0.803. The molecule has 2 heteroatoms. The van der Waals surface area contributed by atoms with E-state index < -0.39 is 0 Å². The van der Waals surface area contributed by atoms with Gasteiger partial charge in [0, 0.05) is 12.6 Å². The number of halogens is 1. The summed E-state index contributed by atoms with van der Waals surface area (Å²) in [7, 11) is 0. The summed E-state index contributed by atoms with van der Waals surface area (Å²) in [5.41, 5.74) is 2.19. The molecule has 0 saturated heterocycles. The van der Waals surface area contributed by atoms with Gasteiger partial charge in [-0.25, -0.2) is 4.39 Å². The first-order chi connectivity index (χ1) is 7.54. The molecule has 0 radical (unpaired) electrons. The third-order valence-electron chi connectivity index (χ3n) is 3.42. The van der Waals surface area contributed by atoms with Gasteiger partial charge in [-0.1, -0.05) is 26.3 Å². The molecule has 0 aliphatic carbocycles. The Morgan fingerprint density at radius 3 is 2.62 bits per heavy atom. The van der Waals surface area contributed by atoms with Gasteiger partial charge in [0.1, 0.15) is 5.82 Å². The second kappa shape index (κ2) is 6.00. The summed E-state index contributed by atoms with van der Waals surface area (Å²) in [5.74, 6) is 0.493. The van der Waals surface area contributed by atoms with Gasteiger partial charge in [-0.3, -0.25) is 0 Å². The van der Waals surface area contributed by atoms with Crippen LogP contribution in [0.5, 0.6) is 0 Å². The Kier molecular flexibility index (Phi) is 4.94. The summed E-state index contributed by atoms with van der Waals surface area (Å²) >= 11 is 0. The van der Waals surface area contributed by atoms with Gasteiger partial charge in [0.2, 0.25) is 0 Å². The lowest BCUT2D eigenvalue weighted by atomic mass is 10.0. The molecule has 0 aliphatic heterocycles. The monoisotopic (exact) mass is 223 g/mol. The third kappa shape index (κ3) is 3.60. The molecule has 1 N–H and O–H groups in total. The highest BCUT2D eigenvalue weighted by molar-refractivity contribution is 5.26. The predicted octanol–water partition coefficient (Wildman–Crippen LogP) is 3.66. The first-order valence-electron chi connectivity index (χ1n) is 6.03. The highest BCUT2D eigenvalue weighted by Crippen LogP contribution is 2.12. The zero-order valence-electron chi connectivity index (χ0n) is 10.7. The van der Waals surface area contributed by atoms with Crippen LogP contribution in [0.2, 0.25) is 0 Å². The molecule has 1 nitrogen and oxygen atoms in total. The zero-order chi connectivity index (χ0) is 12.1. The first kappa shape index (κ1) is 13.2. The Balaban J connectivity index is 2.57. The second-order valence-electron chi connectivity index (χ2n) is 4.63. The Morgan fingerprint density at radius 2 is 2.00 bits per heavy atom. The van der Waals surface area contributed by atoms with Crippen LogP contribution in [-0.2, 0) is 6.54 Å². The van der Waals surface area contributed by atoms with E-state index in [1.165, 1.54) is 6.07 Å². The van der Waals surface area contributed by atoms with Gasteiger partial charge in [-0.15, -0.1) is 0 Å². The van der Waals surface area contributed by atoms with Crippen molar-refractivity contribution in [1.82, 2.24) is 5.32 Å². The number of hydrogen-bond donors (Lipinski definition) is 1. The predicted molar refractivity (Wildman–Crippen MR) is 66.9 cm³/mol. The topological polar surface area (TPSA) is 12.0 Å². The second-order valence-corrected chi connectivity index (χ2v) is 4.63. The van der Waals surface area contributed by atoms with Crippen LogP contribution in [0.25, 0.3) is 0 Å². The number of benzene rings is 1. The minimum absolute atomic E-state index is 0.154. The van der Waals surface area contributed by atoms with E-state index in [0.29, 0.717) is 12.0 Å². The SMILES string of the molecule is CCC(C)C(C)NCc1cc(F)ccc1C. The Morgan fingerprint density at radius 1 is 1.31 bits per heavy atom. The average Bonchev–Trinajstić information content (AvgIpc) is 2.28. The molecule has 0 amide bonds. The van der Waals surface area contributed by atoms with E-state index in [-0.39, 0.29) is 5.82 Å². The smallest absolute Gasteiger partial charge is 0.123 e. The maximum atomic E-state index is 13.1. The lowest BCUT2D eigenvalue weighted by Gasteiger charge is -2.20. The van der Waals surface area contributed by atoms with Crippen molar-refractivity contribution in [2.45, 2.75) is 46.7 Å². The van der Waals surface area contributed by atoms with Gasteiger partial charge in [-0.2, -0.15) is 0 Å². The molecule has 1 rings (SSSR count). The Labute approximate surface area is 98.1 Å². The van der Waals surface area contributed by atoms with Crippen LogP contribution in [0, 0.1) is 18.7 Å². The Bertz CT molecular complexity index is 336. The molecule has 2 unspecified atom stereocenters. The molecule has 0 spiro atoms. The van der Waals surface area contributed by atoms with Crippen LogP contribution in [0.15, 0.2) is 18.2 Å². The highest BCUT2D eigenvalue weighted by Gasteiger charge is 2.09. The first-order valence-corrected chi connectivity index (χ1v) is 6.03. The highest BCUT2D eigenvalue weighted by atomic mass is 19.1. The van der Waals surface area contributed by atoms with Crippen molar-refractivity contribution in [1.29, 1.82) is 0 Å². The fraction of sp³-hybridized carbons (Fsp3) is 0.571. The molecule has 0 aromatic heterocycles. The Hall–Kier alpha value is -0.890. The van der Waals surface area contributed by atoms with E-state index in [1.54, 1.807) is 6.07 Å². The van der Waals surface area contributed by atoms with Gasteiger partial charge in [0.15, 0.2) is 0 Å². The maximum Gasteiger partial charge on any atom is 0.123 e. The van der Waals surface area contributed by atoms with Gasteiger partial charge in [0.25, 0.3) is 0 Å². The normalized spacial score (nSPS) is 14.8. The zero-order valence-corrected chi connectivity index (χ0v) is 10.7. The number of hydrogen-bond acceptors (Lipinski definition) is 1. The summed E-state index contributed by atoms with van der Waals surface area (Å²) < 4.78 is 13.1. The van der Waals surface area contributed by atoms with Crippen molar-refractivity contribution in [2.24, 2.45) is 5.92 Å². The van der Waals surface area contributed by atoms with Crippen LogP contribution in [0.4, 0.5) is 4.39 Å². The van der Waals surface area contributed by atoms with E-state index in [9.17, 15) is 4.39 Å². The number of rotatable bonds is 5. The fourth-order valence-electron chi connectivity index (χ4n) is 1.66. The molecule has 90 valence electrons. The molecule has 0 aliphatic rings. The molecular weight excluding hydrogens is 201 g/mol. The van der Waals surface area contributed by atoms with Crippen molar-refractivity contribution in [3.63, 3.8) is 0 Å². The van der Waals surface area contributed by atoms with Gasteiger partial charge >= 0.3 is 0 Å². The van der Waals surface area contributed by atoms with Crippen molar-refractivity contribution in [3.05, 3.63) is 35.1 Å². The van der Waals surface area contributed by atoms with Gasteiger partial charge in [-0.05, 0) is 43.0 Å². The number of aryl methyl sites for hydroxylation is 1. The van der Waals surface area contributed by atoms with Crippen LogP contribution < -0.4 is 5.32 Å². The molecule has 16 heavy (non-hydrogen) atoms. The van der Waals surface area contributed by atoms with Crippen LogP contribution >= 0.6 is 0 Å². The summed E-state index contributed by atoms with van der Waals surface area (Å²) in [6, 6.07) is 5.43. The van der Waals surface area contributed by atoms with Crippen LogP contribution in [0.3, 0.4) is 0 Å². The van der Waals surface area contributed by atoms with E-state index >= 15 is 0 Å². The van der Waals surface area contributed by atoms with Crippen molar-refractivity contribution >= 4 is 0 Å². The standard InChI is InChI=1S/C14H22FN/c1-5-10(2)12(4)16-9-13-8-14(15)7-6-11(13)3/h6-8,10,12,16H,5,9H2,1-4H3.